The molecule has 0 aliphatic rings. The van der Waals surface area contributed by atoms with Crippen molar-refractivity contribution in [3.8, 4) is 0 Å². The largest absolute Gasteiger partial charge is 0.465 e. The highest BCUT2D eigenvalue weighted by molar-refractivity contribution is 5.19. The molecule has 18 heavy (non-hydrogen) atoms. The number of furan rings is 1. The van der Waals surface area contributed by atoms with Gasteiger partial charge >= 0.3 is 0 Å². The average Bonchev–Trinajstić information content (AvgIpc) is 2.73. The fraction of sp³-hybridized carbons (Fsp3) is 0.692. The van der Waals surface area contributed by atoms with Gasteiger partial charge in [0.15, 0.2) is 0 Å². The van der Waals surface area contributed by atoms with Crippen molar-refractivity contribution >= 4 is 0 Å². The molecule has 0 atom stereocenters. The van der Waals surface area contributed by atoms with Crippen LogP contribution >= 0.6 is 0 Å². The molecule has 5 heteroatoms. The quantitative estimate of drug-likeness (QED) is 0.645. The van der Waals surface area contributed by atoms with Crippen LogP contribution in [0.5, 0.6) is 0 Å². The van der Waals surface area contributed by atoms with Crippen LogP contribution in [-0.4, -0.2) is 33.5 Å². The maximum absolute atomic E-state index is 5.55. The van der Waals surface area contributed by atoms with Crippen LogP contribution in [0.15, 0.2) is 10.5 Å². The van der Waals surface area contributed by atoms with Crippen molar-refractivity contribution in [2.45, 2.75) is 26.5 Å². The van der Waals surface area contributed by atoms with Gasteiger partial charge in [0.05, 0.1) is 26.4 Å². The molecule has 0 saturated carbocycles. The fourth-order valence-electron chi connectivity index (χ4n) is 1.52. The Labute approximate surface area is 108 Å². The Morgan fingerprint density at radius 1 is 1.17 bits per heavy atom. The topological polar surface area (TPSA) is 66.8 Å². The Morgan fingerprint density at radius 3 is 2.61 bits per heavy atom. The standard InChI is InChI=1S/C13H23NO4/c1-11-12(8-13(9-14)18-11)10-17-5-3-4-16-7-6-15-2/h8H,3-7,9-10,14H2,1-2H3. The van der Waals surface area contributed by atoms with Crippen LogP contribution in [-0.2, 0) is 27.4 Å². The molecule has 0 fully saturated rings. The molecule has 0 bridgehead atoms. The summed E-state index contributed by atoms with van der Waals surface area (Å²) in [4.78, 5) is 0. The van der Waals surface area contributed by atoms with Crippen molar-refractivity contribution in [1.29, 1.82) is 0 Å². The van der Waals surface area contributed by atoms with Gasteiger partial charge in [0.1, 0.15) is 11.5 Å². The van der Waals surface area contributed by atoms with E-state index in [1.807, 2.05) is 13.0 Å². The van der Waals surface area contributed by atoms with E-state index in [2.05, 4.69) is 0 Å². The van der Waals surface area contributed by atoms with Crippen LogP contribution in [0.4, 0.5) is 0 Å². The van der Waals surface area contributed by atoms with Gasteiger partial charge in [0, 0.05) is 25.9 Å². The first-order valence-electron chi connectivity index (χ1n) is 6.20. The molecule has 1 aromatic rings. The molecular weight excluding hydrogens is 234 g/mol. The normalized spacial score (nSPS) is 11.1. The van der Waals surface area contributed by atoms with Crippen molar-refractivity contribution in [1.82, 2.24) is 0 Å². The number of hydrogen-bond acceptors (Lipinski definition) is 5. The van der Waals surface area contributed by atoms with E-state index in [0.717, 1.165) is 23.5 Å². The zero-order valence-electron chi connectivity index (χ0n) is 11.2. The molecule has 104 valence electrons. The lowest BCUT2D eigenvalue weighted by Crippen LogP contribution is -2.05. The van der Waals surface area contributed by atoms with Crippen molar-refractivity contribution < 1.29 is 18.6 Å². The van der Waals surface area contributed by atoms with Gasteiger partial charge in [-0.05, 0) is 19.4 Å². The van der Waals surface area contributed by atoms with Crippen LogP contribution in [0, 0.1) is 6.92 Å². The molecule has 0 aliphatic carbocycles. The molecule has 0 aromatic carbocycles. The summed E-state index contributed by atoms with van der Waals surface area (Å²) in [6.07, 6.45) is 0.879. The van der Waals surface area contributed by atoms with Crippen molar-refractivity contribution in [2.24, 2.45) is 5.73 Å². The Hall–Kier alpha value is -0.880. The Kier molecular flexibility index (Phi) is 7.68. The van der Waals surface area contributed by atoms with E-state index >= 15 is 0 Å². The number of rotatable bonds is 10. The summed E-state index contributed by atoms with van der Waals surface area (Å²) >= 11 is 0. The number of nitrogens with two attached hydrogens (primary N) is 1. The Morgan fingerprint density at radius 2 is 1.94 bits per heavy atom. The second-order valence-corrected chi connectivity index (χ2v) is 4.01. The SMILES string of the molecule is COCCOCCCOCc1cc(CN)oc1C. The highest BCUT2D eigenvalue weighted by Crippen LogP contribution is 2.15. The predicted molar refractivity (Wildman–Crippen MR) is 68.3 cm³/mol. The number of aryl methyl sites for hydroxylation is 1. The van der Waals surface area contributed by atoms with Gasteiger partial charge in [0.2, 0.25) is 0 Å². The molecule has 1 aromatic heterocycles. The van der Waals surface area contributed by atoms with Crippen molar-refractivity contribution in [3.63, 3.8) is 0 Å². The van der Waals surface area contributed by atoms with Gasteiger partial charge in [-0.2, -0.15) is 0 Å². The van der Waals surface area contributed by atoms with Gasteiger partial charge in [-0.15, -0.1) is 0 Å². The lowest BCUT2D eigenvalue weighted by Gasteiger charge is -2.04. The van der Waals surface area contributed by atoms with Crippen molar-refractivity contribution in [3.05, 3.63) is 23.2 Å². The fourth-order valence-corrected chi connectivity index (χ4v) is 1.52. The first-order chi connectivity index (χ1) is 8.77. The van der Waals surface area contributed by atoms with E-state index in [4.69, 9.17) is 24.4 Å². The molecule has 1 rings (SSSR count). The van der Waals surface area contributed by atoms with Gasteiger partial charge < -0.3 is 24.4 Å². The minimum absolute atomic E-state index is 0.425. The van der Waals surface area contributed by atoms with Gasteiger partial charge in [-0.25, -0.2) is 0 Å². The minimum Gasteiger partial charge on any atom is -0.465 e. The molecule has 0 spiro atoms. The zero-order valence-corrected chi connectivity index (χ0v) is 11.2. The zero-order chi connectivity index (χ0) is 13.2. The first-order valence-corrected chi connectivity index (χ1v) is 6.20. The highest BCUT2D eigenvalue weighted by atomic mass is 16.5. The predicted octanol–water partition coefficient (Wildman–Crippen LogP) is 1.62. The third kappa shape index (κ3) is 5.64. The molecule has 0 aliphatic heterocycles. The Bertz CT molecular complexity index is 325. The highest BCUT2D eigenvalue weighted by Gasteiger charge is 2.05. The van der Waals surface area contributed by atoms with E-state index in [0.29, 0.717) is 39.6 Å². The number of hydrogen-bond donors (Lipinski definition) is 1. The van der Waals surface area contributed by atoms with Crippen LogP contribution in [0.25, 0.3) is 0 Å². The summed E-state index contributed by atoms with van der Waals surface area (Å²) in [7, 11) is 1.66. The molecule has 0 unspecified atom stereocenters. The minimum atomic E-state index is 0.425. The average molecular weight is 257 g/mol. The number of ether oxygens (including phenoxy) is 3. The first kappa shape index (κ1) is 15.2. The third-order valence-electron chi connectivity index (χ3n) is 2.54. The van der Waals surface area contributed by atoms with Gasteiger partial charge in [0.25, 0.3) is 0 Å². The number of methoxy groups -OCH3 is 1. The smallest absolute Gasteiger partial charge is 0.118 e. The molecular formula is C13H23NO4. The van der Waals surface area contributed by atoms with Crippen LogP contribution < -0.4 is 5.73 Å². The lowest BCUT2D eigenvalue weighted by molar-refractivity contribution is 0.0482. The summed E-state index contributed by atoms with van der Waals surface area (Å²) in [5.41, 5.74) is 6.57. The molecule has 2 N–H and O–H groups in total. The lowest BCUT2D eigenvalue weighted by atomic mass is 10.2. The molecule has 0 radical (unpaired) electrons. The molecule has 0 amide bonds. The van der Waals surface area contributed by atoms with Crippen LogP contribution in [0.2, 0.25) is 0 Å². The summed E-state index contributed by atoms with van der Waals surface area (Å²) in [5, 5.41) is 0. The summed E-state index contributed by atoms with van der Waals surface area (Å²) in [6.45, 7) is 5.55. The second-order valence-electron chi connectivity index (χ2n) is 4.01. The summed E-state index contributed by atoms with van der Waals surface area (Å²) < 4.78 is 21.2. The van der Waals surface area contributed by atoms with E-state index < -0.39 is 0 Å². The van der Waals surface area contributed by atoms with Crippen molar-refractivity contribution in [2.75, 3.05) is 33.5 Å². The molecule has 0 saturated heterocycles. The third-order valence-corrected chi connectivity index (χ3v) is 2.54. The van der Waals surface area contributed by atoms with Gasteiger partial charge in [-0.3, -0.25) is 0 Å². The second kappa shape index (κ2) is 9.10. The van der Waals surface area contributed by atoms with Gasteiger partial charge in [-0.1, -0.05) is 0 Å². The maximum Gasteiger partial charge on any atom is 0.118 e. The monoisotopic (exact) mass is 257 g/mol. The van der Waals surface area contributed by atoms with E-state index in [1.54, 1.807) is 7.11 Å². The van der Waals surface area contributed by atoms with E-state index in [1.165, 1.54) is 0 Å². The molecule has 5 nitrogen and oxygen atoms in total. The summed E-state index contributed by atoms with van der Waals surface area (Å²) in [6, 6.07) is 1.95. The summed E-state index contributed by atoms with van der Waals surface area (Å²) in [5.74, 6) is 1.68. The Balaban J connectivity index is 2.05. The molecule has 1 heterocycles. The van der Waals surface area contributed by atoms with E-state index in [9.17, 15) is 0 Å². The maximum atomic E-state index is 5.55. The van der Waals surface area contributed by atoms with E-state index in [-0.39, 0.29) is 0 Å². The van der Waals surface area contributed by atoms with Crippen LogP contribution in [0.1, 0.15) is 23.5 Å². The van der Waals surface area contributed by atoms with Crippen LogP contribution in [0.3, 0.4) is 0 Å².